The summed E-state index contributed by atoms with van der Waals surface area (Å²) in [5.41, 5.74) is 4.47. The first-order valence-electron chi connectivity index (χ1n) is 11.5. The molecule has 4 aromatic rings. The first-order chi connectivity index (χ1) is 16.1. The third-order valence-corrected chi connectivity index (χ3v) is 7.61. The summed E-state index contributed by atoms with van der Waals surface area (Å²) in [7, 11) is 0. The van der Waals surface area contributed by atoms with Crippen LogP contribution in [0.4, 0.5) is 5.13 Å². The molecule has 0 atom stereocenters. The van der Waals surface area contributed by atoms with Crippen LogP contribution in [-0.4, -0.2) is 55.2 Å². The Kier molecular flexibility index (Phi) is 6.40. The normalized spacial score (nSPS) is 14.7. The minimum Gasteiger partial charge on any atom is -0.379 e. The van der Waals surface area contributed by atoms with Gasteiger partial charge in [0.1, 0.15) is 0 Å². The van der Waals surface area contributed by atoms with Gasteiger partial charge in [0, 0.05) is 26.2 Å². The van der Waals surface area contributed by atoms with Gasteiger partial charge in [-0.15, -0.1) is 0 Å². The van der Waals surface area contributed by atoms with E-state index in [0.29, 0.717) is 13.0 Å². The van der Waals surface area contributed by atoms with Crippen LogP contribution in [-0.2, 0) is 16.0 Å². The molecule has 170 valence electrons. The van der Waals surface area contributed by atoms with Gasteiger partial charge in [0.05, 0.1) is 29.9 Å². The van der Waals surface area contributed by atoms with Gasteiger partial charge in [-0.25, -0.2) is 4.98 Å². The number of hydrogen-bond acceptors (Lipinski definition) is 5. The third kappa shape index (κ3) is 4.64. The second-order valence-corrected chi connectivity index (χ2v) is 9.67. The molecule has 2 heterocycles. The molecule has 33 heavy (non-hydrogen) atoms. The summed E-state index contributed by atoms with van der Waals surface area (Å²) >= 11 is 1.61. The number of amides is 1. The minimum absolute atomic E-state index is 0.0908. The zero-order chi connectivity index (χ0) is 22.8. The Morgan fingerprint density at radius 1 is 1.06 bits per heavy atom. The van der Waals surface area contributed by atoms with Crippen LogP contribution >= 0.6 is 11.3 Å². The van der Waals surface area contributed by atoms with Gasteiger partial charge in [0.15, 0.2) is 5.13 Å². The Bertz CT molecular complexity index is 1290. The van der Waals surface area contributed by atoms with E-state index in [1.807, 2.05) is 23.1 Å². The van der Waals surface area contributed by atoms with Crippen LogP contribution in [0.2, 0.25) is 0 Å². The lowest BCUT2D eigenvalue weighted by Crippen LogP contribution is -2.43. The van der Waals surface area contributed by atoms with E-state index < -0.39 is 0 Å². The molecule has 1 aliphatic heterocycles. The highest BCUT2D eigenvalue weighted by molar-refractivity contribution is 7.22. The molecule has 6 heteroatoms. The van der Waals surface area contributed by atoms with Gasteiger partial charge in [-0.2, -0.15) is 0 Å². The van der Waals surface area contributed by atoms with E-state index in [1.165, 1.54) is 11.1 Å². The highest BCUT2D eigenvalue weighted by Crippen LogP contribution is 2.32. The number of aromatic nitrogens is 1. The molecular formula is C27H29N3O2S. The molecule has 1 fully saturated rings. The topological polar surface area (TPSA) is 45.7 Å². The van der Waals surface area contributed by atoms with Crippen LogP contribution < -0.4 is 4.90 Å². The van der Waals surface area contributed by atoms with E-state index in [9.17, 15) is 4.79 Å². The van der Waals surface area contributed by atoms with Crippen LogP contribution in [0.15, 0.2) is 54.6 Å². The summed E-state index contributed by atoms with van der Waals surface area (Å²) < 4.78 is 6.62. The molecule has 0 N–H and O–H groups in total. The van der Waals surface area contributed by atoms with Gasteiger partial charge < -0.3 is 4.74 Å². The molecule has 1 amide bonds. The average Bonchev–Trinajstić information content (AvgIpc) is 3.27. The smallest absolute Gasteiger partial charge is 0.233 e. The van der Waals surface area contributed by atoms with E-state index in [4.69, 9.17) is 9.72 Å². The van der Waals surface area contributed by atoms with Crippen molar-refractivity contribution in [3.63, 3.8) is 0 Å². The Morgan fingerprint density at radius 3 is 2.70 bits per heavy atom. The first-order valence-corrected chi connectivity index (χ1v) is 12.4. The first kappa shape index (κ1) is 22.0. The second-order valence-electron chi connectivity index (χ2n) is 8.67. The van der Waals surface area contributed by atoms with E-state index in [2.05, 4.69) is 55.1 Å². The number of carbonyl (C=O) groups excluding carboxylic acids is 1. The molecule has 0 aliphatic carbocycles. The van der Waals surface area contributed by atoms with Crippen molar-refractivity contribution in [3.8, 4) is 0 Å². The summed E-state index contributed by atoms with van der Waals surface area (Å²) in [4.78, 5) is 22.9. The average molecular weight is 460 g/mol. The maximum atomic E-state index is 13.7. The fourth-order valence-corrected chi connectivity index (χ4v) is 5.50. The SMILES string of the molecule is Cc1ccc2sc(N(CCN3CCOCC3)C(=O)Cc3cccc4ccccc34)nc2c1C. The Morgan fingerprint density at radius 2 is 1.85 bits per heavy atom. The maximum Gasteiger partial charge on any atom is 0.233 e. The molecule has 1 aliphatic rings. The predicted octanol–water partition coefficient (Wildman–Crippen LogP) is 4.97. The van der Waals surface area contributed by atoms with Crippen LogP contribution in [0.3, 0.4) is 0 Å². The monoisotopic (exact) mass is 459 g/mol. The zero-order valence-electron chi connectivity index (χ0n) is 19.2. The minimum atomic E-state index is 0.0908. The van der Waals surface area contributed by atoms with Crippen molar-refractivity contribution in [3.05, 3.63) is 71.3 Å². The number of ether oxygens (including phenoxy) is 1. The third-order valence-electron chi connectivity index (χ3n) is 6.57. The van der Waals surface area contributed by atoms with Gasteiger partial charge in [-0.1, -0.05) is 59.9 Å². The molecule has 0 saturated carbocycles. The Hall–Kier alpha value is -2.80. The number of aryl methyl sites for hydroxylation is 2. The fourth-order valence-electron chi connectivity index (χ4n) is 4.43. The van der Waals surface area contributed by atoms with Gasteiger partial charge in [0.25, 0.3) is 0 Å². The molecule has 3 aromatic carbocycles. The number of fused-ring (bicyclic) bond motifs is 2. The molecule has 0 unspecified atom stereocenters. The van der Waals surface area contributed by atoms with Crippen molar-refractivity contribution < 1.29 is 9.53 Å². The molecule has 5 rings (SSSR count). The van der Waals surface area contributed by atoms with Crippen molar-refractivity contribution in [2.24, 2.45) is 0 Å². The van der Waals surface area contributed by atoms with Gasteiger partial charge in [0.2, 0.25) is 5.91 Å². The highest BCUT2D eigenvalue weighted by Gasteiger charge is 2.23. The van der Waals surface area contributed by atoms with Crippen LogP contribution in [0.1, 0.15) is 16.7 Å². The molecule has 1 saturated heterocycles. The van der Waals surface area contributed by atoms with Crippen LogP contribution in [0.25, 0.3) is 21.0 Å². The van der Waals surface area contributed by atoms with Gasteiger partial charge in [-0.3, -0.25) is 14.6 Å². The van der Waals surface area contributed by atoms with Gasteiger partial charge in [-0.05, 0) is 47.4 Å². The molecule has 1 aromatic heterocycles. The predicted molar refractivity (Wildman–Crippen MR) is 136 cm³/mol. The number of hydrogen-bond donors (Lipinski definition) is 0. The fraction of sp³-hybridized carbons (Fsp3) is 0.333. The van der Waals surface area contributed by atoms with E-state index in [-0.39, 0.29) is 5.91 Å². The van der Waals surface area contributed by atoms with E-state index >= 15 is 0 Å². The number of morpholine rings is 1. The van der Waals surface area contributed by atoms with Crippen molar-refractivity contribution in [1.82, 2.24) is 9.88 Å². The van der Waals surface area contributed by atoms with Crippen LogP contribution in [0, 0.1) is 13.8 Å². The zero-order valence-corrected chi connectivity index (χ0v) is 20.0. The summed E-state index contributed by atoms with van der Waals surface area (Å²) in [6, 6.07) is 18.7. The summed E-state index contributed by atoms with van der Waals surface area (Å²) in [5.74, 6) is 0.0908. The van der Waals surface area contributed by atoms with Crippen molar-refractivity contribution in [2.45, 2.75) is 20.3 Å². The van der Waals surface area contributed by atoms with Gasteiger partial charge >= 0.3 is 0 Å². The summed E-state index contributed by atoms with van der Waals surface area (Å²) in [5, 5.41) is 3.09. The number of benzene rings is 3. The summed E-state index contributed by atoms with van der Waals surface area (Å²) in [6.07, 6.45) is 0.360. The highest BCUT2D eigenvalue weighted by atomic mass is 32.1. The number of rotatable bonds is 6. The molecular weight excluding hydrogens is 430 g/mol. The maximum absolute atomic E-state index is 13.7. The number of anilines is 1. The van der Waals surface area contributed by atoms with Crippen molar-refractivity contribution in [2.75, 3.05) is 44.3 Å². The number of thiazole rings is 1. The van der Waals surface area contributed by atoms with E-state index in [0.717, 1.165) is 64.5 Å². The number of nitrogens with zero attached hydrogens (tertiary/aromatic N) is 3. The Labute approximate surface area is 198 Å². The summed E-state index contributed by atoms with van der Waals surface area (Å²) in [6.45, 7) is 8.98. The van der Waals surface area contributed by atoms with Crippen LogP contribution in [0.5, 0.6) is 0 Å². The second kappa shape index (κ2) is 9.59. The largest absolute Gasteiger partial charge is 0.379 e. The molecule has 0 spiro atoms. The standard InChI is InChI=1S/C27H29N3O2S/c1-19-10-11-24-26(20(19)2)28-27(33-24)30(13-12-29-14-16-32-17-15-29)25(31)18-22-8-5-7-21-6-3-4-9-23(21)22/h3-11H,12-18H2,1-2H3. The van der Waals surface area contributed by atoms with Crippen molar-refractivity contribution in [1.29, 1.82) is 0 Å². The molecule has 5 nitrogen and oxygen atoms in total. The lowest BCUT2D eigenvalue weighted by Gasteiger charge is -2.29. The molecule has 0 radical (unpaired) electrons. The lowest BCUT2D eigenvalue weighted by atomic mass is 10.0. The lowest BCUT2D eigenvalue weighted by molar-refractivity contribution is -0.118. The van der Waals surface area contributed by atoms with Crippen molar-refractivity contribution >= 4 is 43.4 Å². The quantitative estimate of drug-likeness (QED) is 0.408. The number of carbonyl (C=O) groups is 1. The Balaban J connectivity index is 1.46. The molecule has 0 bridgehead atoms. The van der Waals surface area contributed by atoms with E-state index in [1.54, 1.807) is 11.3 Å².